The van der Waals surface area contributed by atoms with Gasteiger partial charge >= 0.3 is 5.97 Å². The van der Waals surface area contributed by atoms with Gasteiger partial charge in [-0.25, -0.2) is 13.2 Å². The zero-order valence-corrected chi connectivity index (χ0v) is 13.8. The van der Waals surface area contributed by atoms with Gasteiger partial charge in [-0.1, -0.05) is 17.7 Å². The van der Waals surface area contributed by atoms with Gasteiger partial charge in [0.1, 0.15) is 5.02 Å². The third-order valence-corrected chi connectivity index (χ3v) is 4.96. The lowest BCUT2D eigenvalue weighted by molar-refractivity contribution is -0.384. The zero-order valence-electron chi connectivity index (χ0n) is 12.2. The van der Waals surface area contributed by atoms with E-state index in [1.54, 1.807) is 0 Å². The van der Waals surface area contributed by atoms with Crippen molar-refractivity contribution in [1.82, 2.24) is 0 Å². The van der Waals surface area contributed by atoms with Crippen molar-refractivity contribution >= 4 is 39.0 Å². The van der Waals surface area contributed by atoms with E-state index in [4.69, 9.17) is 16.7 Å². The molecule has 0 bridgehead atoms. The molecule has 2 aromatic carbocycles. The van der Waals surface area contributed by atoms with Crippen molar-refractivity contribution < 1.29 is 23.2 Å². The summed E-state index contributed by atoms with van der Waals surface area (Å²) in [7, 11) is -4.13. The monoisotopic (exact) mass is 370 g/mol. The fraction of sp³-hybridized carbons (Fsp3) is 0.0714. The Balaban J connectivity index is 2.46. The number of halogens is 1. The van der Waals surface area contributed by atoms with Gasteiger partial charge < -0.3 is 5.11 Å². The Hall–Kier alpha value is -2.65. The molecule has 10 heteroatoms. The number of hydrogen-bond donors (Lipinski definition) is 2. The van der Waals surface area contributed by atoms with Crippen molar-refractivity contribution in [3.05, 3.63) is 62.7 Å². The number of aryl methyl sites for hydroxylation is 1. The second-order valence-corrected chi connectivity index (χ2v) is 6.87. The average Bonchev–Trinajstić information content (AvgIpc) is 2.48. The van der Waals surface area contributed by atoms with Gasteiger partial charge in [0.15, 0.2) is 0 Å². The summed E-state index contributed by atoms with van der Waals surface area (Å²) in [6, 6.07) is 7.11. The van der Waals surface area contributed by atoms with Crippen LogP contribution in [0.15, 0.2) is 41.3 Å². The largest absolute Gasteiger partial charge is 0.478 e. The number of benzene rings is 2. The smallest absolute Gasteiger partial charge is 0.335 e. The second-order valence-electron chi connectivity index (χ2n) is 4.81. The quantitative estimate of drug-likeness (QED) is 0.615. The normalized spacial score (nSPS) is 11.1. The summed E-state index contributed by atoms with van der Waals surface area (Å²) in [5.74, 6) is -1.27. The number of nitrogens with one attached hydrogen (secondary N) is 1. The van der Waals surface area contributed by atoms with Gasteiger partial charge in [-0.15, -0.1) is 0 Å². The molecule has 0 fully saturated rings. The Labute approximate surface area is 141 Å². The Morgan fingerprint density at radius 2 is 1.92 bits per heavy atom. The van der Waals surface area contributed by atoms with Crippen LogP contribution in [0.2, 0.25) is 5.02 Å². The minimum atomic E-state index is -4.13. The average molecular weight is 371 g/mol. The van der Waals surface area contributed by atoms with E-state index in [2.05, 4.69) is 4.72 Å². The molecule has 8 nitrogen and oxygen atoms in total. The number of nitro benzene ring substituents is 1. The predicted octanol–water partition coefficient (Wildman–Crippen LogP) is 3.06. The lowest BCUT2D eigenvalue weighted by atomic mass is 10.1. The van der Waals surface area contributed by atoms with Crippen molar-refractivity contribution in [3.8, 4) is 0 Å². The molecule has 0 heterocycles. The third-order valence-electron chi connectivity index (χ3n) is 3.12. The number of aromatic carboxylic acids is 1. The fourth-order valence-electron chi connectivity index (χ4n) is 1.95. The maximum absolute atomic E-state index is 12.5. The lowest BCUT2D eigenvalue weighted by Gasteiger charge is -2.11. The van der Waals surface area contributed by atoms with E-state index in [0.29, 0.717) is 5.56 Å². The van der Waals surface area contributed by atoms with E-state index in [1.807, 2.05) is 0 Å². The van der Waals surface area contributed by atoms with Gasteiger partial charge in [-0.05, 0) is 36.8 Å². The number of hydrogen-bond acceptors (Lipinski definition) is 5. The van der Waals surface area contributed by atoms with Crippen LogP contribution in [-0.2, 0) is 10.0 Å². The van der Waals surface area contributed by atoms with Crippen molar-refractivity contribution in [2.45, 2.75) is 11.8 Å². The molecule has 2 N–H and O–H groups in total. The van der Waals surface area contributed by atoms with Crippen molar-refractivity contribution in [2.75, 3.05) is 4.72 Å². The molecule has 0 spiro atoms. The van der Waals surface area contributed by atoms with Gasteiger partial charge in [0, 0.05) is 6.07 Å². The Morgan fingerprint density at radius 1 is 1.25 bits per heavy atom. The topological polar surface area (TPSA) is 127 Å². The Morgan fingerprint density at radius 3 is 2.50 bits per heavy atom. The molecule has 0 saturated carbocycles. The van der Waals surface area contributed by atoms with E-state index in [1.165, 1.54) is 31.2 Å². The minimum Gasteiger partial charge on any atom is -0.478 e. The SMILES string of the molecule is Cc1ccc(C(=O)O)cc1S(=O)(=O)Nc1ccc(Cl)c([N+](=O)[O-])c1. The number of anilines is 1. The number of nitrogens with zero attached hydrogens (tertiary/aromatic N) is 1. The molecule has 0 radical (unpaired) electrons. The highest BCUT2D eigenvalue weighted by molar-refractivity contribution is 7.92. The van der Waals surface area contributed by atoms with Crippen LogP contribution in [0.3, 0.4) is 0 Å². The van der Waals surface area contributed by atoms with Gasteiger partial charge in [-0.2, -0.15) is 0 Å². The summed E-state index contributed by atoms with van der Waals surface area (Å²) in [4.78, 5) is 20.9. The van der Waals surface area contributed by atoms with E-state index in [-0.39, 0.29) is 21.2 Å². The molecule has 0 aliphatic rings. The molecule has 0 aliphatic carbocycles. The molecule has 2 rings (SSSR count). The molecular formula is C14H11ClN2O6S. The Bertz CT molecular complexity index is 942. The first-order valence-corrected chi connectivity index (χ1v) is 8.28. The molecule has 0 unspecified atom stereocenters. The molecule has 2 aromatic rings. The summed E-state index contributed by atoms with van der Waals surface area (Å²) in [6.45, 7) is 1.50. The molecule has 0 aromatic heterocycles. The molecule has 0 amide bonds. The maximum Gasteiger partial charge on any atom is 0.335 e. The van der Waals surface area contributed by atoms with Crippen LogP contribution >= 0.6 is 11.6 Å². The Kier molecular flexibility index (Phi) is 4.76. The van der Waals surface area contributed by atoms with Crippen LogP contribution in [-0.4, -0.2) is 24.4 Å². The van der Waals surface area contributed by atoms with Gasteiger partial charge in [0.25, 0.3) is 15.7 Å². The lowest BCUT2D eigenvalue weighted by Crippen LogP contribution is -2.15. The number of carbonyl (C=O) groups is 1. The first-order chi connectivity index (χ1) is 11.1. The number of sulfonamides is 1. The van der Waals surface area contributed by atoms with Crippen LogP contribution in [0.1, 0.15) is 15.9 Å². The second kappa shape index (κ2) is 6.46. The van der Waals surface area contributed by atoms with Crippen LogP contribution in [0.25, 0.3) is 0 Å². The minimum absolute atomic E-state index is 0.0637. The summed E-state index contributed by atoms with van der Waals surface area (Å²) >= 11 is 5.68. The third kappa shape index (κ3) is 3.63. The predicted molar refractivity (Wildman–Crippen MR) is 87.1 cm³/mol. The van der Waals surface area contributed by atoms with E-state index in [9.17, 15) is 23.3 Å². The number of rotatable bonds is 5. The molecule has 0 aliphatic heterocycles. The standard InChI is InChI=1S/C14H11ClN2O6S/c1-8-2-3-9(14(18)19)6-13(8)24(22,23)16-10-4-5-11(15)12(7-10)17(20)21/h2-7,16H,1H3,(H,18,19). The van der Waals surface area contributed by atoms with Crippen LogP contribution in [0.5, 0.6) is 0 Å². The molecular weight excluding hydrogens is 360 g/mol. The van der Waals surface area contributed by atoms with Crippen LogP contribution < -0.4 is 4.72 Å². The summed E-state index contributed by atoms with van der Waals surface area (Å²) in [6.07, 6.45) is 0. The molecule has 24 heavy (non-hydrogen) atoms. The summed E-state index contributed by atoms with van der Waals surface area (Å²) in [5.41, 5.74) is -0.377. The molecule has 0 saturated heterocycles. The van der Waals surface area contributed by atoms with Crippen molar-refractivity contribution in [1.29, 1.82) is 0 Å². The van der Waals surface area contributed by atoms with Gasteiger partial charge in [0.2, 0.25) is 0 Å². The van der Waals surface area contributed by atoms with Gasteiger partial charge in [0.05, 0.1) is 21.1 Å². The summed E-state index contributed by atoms with van der Waals surface area (Å²) < 4.78 is 27.1. The zero-order chi connectivity index (χ0) is 18.1. The molecule has 126 valence electrons. The van der Waals surface area contributed by atoms with E-state index < -0.39 is 26.6 Å². The van der Waals surface area contributed by atoms with Crippen molar-refractivity contribution in [2.24, 2.45) is 0 Å². The molecule has 0 atom stereocenters. The van der Waals surface area contributed by atoms with Gasteiger partial charge in [-0.3, -0.25) is 14.8 Å². The van der Waals surface area contributed by atoms with Crippen LogP contribution in [0, 0.1) is 17.0 Å². The highest BCUT2D eigenvalue weighted by atomic mass is 35.5. The first-order valence-electron chi connectivity index (χ1n) is 6.42. The fourth-order valence-corrected chi connectivity index (χ4v) is 3.46. The highest BCUT2D eigenvalue weighted by Crippen LogP contribution is 2.29. The highest BCUT2D eigenvalue weighted by Gasteiger charge is 2.21. The van der Waals surface area contributed by atoms with Crippen LogP contribution in [0.4, 0.5) is 11.4 Å². The number of carboxylic acid groups (broad SMARTS) is 1. The van der Waals surface area contributed by atoms with Crippen molar-refractivity contribution in [3.63, 3.8) is 0 Å². The maximum atomic E-state index is 12.5. The number of carboxylic acids is 1. The first kappa shape index (κ1) is 17.7. The number of nitro groups is 1. The summed E-state index contributed by atoms with van der Waals surface area (Å²) in [5, 5.41) is 19.7. The van der Waals surface area contributed by atoms with E-state index >= 15 is 0 Å². The van der Waals surface area contributed by atoms with E-state index in [0.717, 1.165) is 12.1 Å².